The molecule has 0 bridgehead atoms. The van der Waals surface area contributed by atoms with Gasteiger partial charge in [0.1, 0.15) is 0 Å². The lowest BCUT2D eigenvalue weighted by Gasteiger charge is -2.22. The van der Waals surface area contributed by atoms with E-state index in [0.717, 1.165) is 25.9 Å². The van der Waals surface area contributed by atoms with E-state index in [9.17, 15) is 18.0 Å². The number of halogens is 3. The maximum atomic E-state index is 11.8. The summed E-state index contributed by atoms with van der Waals surface area (Å²) in [6, 6.07) is 0. The Hall–Kier alpha value is -0.780. The van der Waals surface area contributed by atoms with E-state index in [4.69, 9.17) is 0 Å². The molecule has 2 N–H and O–H groups in total. The van der Waals surface area contributed by atoms with Gasteiger partial charge in [0, 0.05) is 13.0 Å². The Bertz CT molecular complexity index is 225. The van der Waals surface area contributed by atoms with Crippen molar-refractivity contribution in [1.82, 2.24) is 10.6 Å². The molecule has 0 aliphatic carbocycles. The van der Waals surface area contributed by atoms with Gasteiger partial charge in [0.25, 0.3) is 0 Å². The average molecular weight is 238 g/mol. The van der Waals surface area contributed by atoms with Gasteiger partial charge in [-0.2, -0.15) is 13.2 Å². The summed E-state index contributed by atoms with van der Waals surface area (Å²) in [6.07, 6.45) is -3.80. The van der Waals surface area contributed by atoms with Gasteiger partial charge in [0.15, 0.2) is 0 Å². The molecule has 94 valence electrons. The second-order valence-electron chi connectivity index (χ2n) is 4.11. The van der Waals surface area contributed by atoms with Crippen LogP contribution in [0.5, 0.6) is 0 Å². The number of piperidine rings is 1. The lowest BCUT2D eigenvalue weighted by atomic mass is 9.98. The molecule has 1 fully saturated rings. The molecule has 1 saturated heterocycles. The minimum absolute atomic E-state index is 0.399. The number of alkyl halides is 3. The van der Waals surface area contributed by atoms with Gasteiger partial charge < -0.3 is 10.6 Å². The van der Waals surface area contributed by atoms with E-state index in [-0.39, 0.29) is 0 Å². The van der Waals surface area contributed by atoms with Crippen molar-refractivity contribution in [2.24, 2.45) is 5.92 Å². The minimum Gasteiger partial charge on any atom is -0.356 e. The van der Waals surface area contributed by atoms with E-state index < -0.39 is 24.9 Å². The molecule has 0 aromatic heterocycles. The monoisotopic (exact) mass is 238 g/mol. The van der Waals surface area contributed by atoms with Crippen molar-refractivity contribution in [2.45, 2.75) is 31.9 Å². The summed E-state index contributed by atoms with van der Waals surface area (Å²) >= 11 is 0. The van der Waals surface area contributed by atoms with Crippen LogP contribution in [0.4, 0.5) is 13.2 Å². The fraction of sp³-hybridized carbons (Fsp3) is 0.900. The van der Waals surface area contributed by atoms with Crippen LogP contribution in [0, 0.1) is 5.92 Å². The van der Waals surface area contributed by atoms with Crippen LogP contribution in [0.3, 0.4) is 0 Å². The highest BCUT2D eigenvalue weighted by atomic mass is 19.4. The number of nitrogens with one attached hydrogen (secondary N) is 2. The zero-order valence-electron chi connectivity index (χ0n) is 9.07. The average Bonchev–Trinajstić information content (AvgIpc) is 2.24. The Balaban J connectivity index is 2.09. The first-order valence-electron chi connectivity index (χ1n) is 5.51. The number of rotatable bonds is 4. The molecule has 0 aromatic carbocycles. The first kappa shape index (κ1) is 13.3. The van der Waals surface area contributed by atoms with E-state index >= 15 is 0 Å². The molecule has 1 aliphatic rings. The third-order valence-corrected chi connectivity index (χ3v) is 2.68. The SMILES string of the molecule is O=C(CCC(F)(F)F)NCC1CCNCC1. The highest BCUT2D eigenvalue weighted by Crippen LogP contribution is 2.21. The third kappa shape index (κ3) is 5.95. The molecular weight excluding hydrogens is 221 g/mol. The predicted molar refractivity (Wildman–Crippen MR) is 53.9 cm³/mol. The Morgan fingerprint density at radius 2 is 1.94 bits per heavy atom. The summed E-state index contributed by atoms with van der Waals surface area (Å²) in [4.78, 5) is 11.1. The zero-order valence-corrected chi connectivity index (χ0v) is 9.07. The summed E-state index contributed by atoms with van der Waals surface area (Å²) < 4.78 is 35.5. The Kier molecular flexibility index (Phi) is 5.05. The van der Waals surface area contributed by atoms with Crippen LogP contribution in [-0.4, -0.2) is 31.7 Å². The van der Waals surface area contributed by atoms with Crippen LogP contribution in [0.15, 0.2) is 0 Å². The van der Waals surface area contributed by atoms with Gasteiger partial charge in [-0.3, -0.25) is 4.79 Å². The number of carbonyl (C=O) groups is 1. The molecule has 1 rings (SSSR count). The highest BCUT2D eigenvalue weighted by molar-refractivity contribution is 5.75. The van der Waals surface area contributed by atoms with E-state index in [0.29, 0.717) is 12.5 Å². The van der Waals surface area contributed by atoms with Crippen LogP contribution in [-0.2, 0) is 4.79 Å². The van der Waals surface area contributed by atoms with Crippen molar-refractivity contribution in [3.8, 4) is 0 Å². The predicted octanol–water partition coefficient (Wildman–Crippen LogP) is 1.44. The Morgan fingerprint density at radius 3 is 2.50 bits per heavy atom. The van der Waals surface area contributed by atoms with Crippen LogP contribution in [0.2, 0.25) is 0 Å². The molecule has 1 amide bonds. The van der Waals surface area contributed by atoms with Crippen LogP contribution < -0.4 is 10.6 Å². The Labute approximate surface area is 92.8 Å². The maximum Gasteiger partial charge on any atom is 0.389 e. The fourth-order valence-electron chi connectivity index (χ4n) is 1.69. The van der Waals surface area contributed by atoms with Gasteiger partial charge in [-0.1, -0.05) is 0 Å². The van der Waals surface area contributed by atoms with Gasteiger partial charge in [0.2, 0.25) is 5.91 Å². The second-order valence-corrected chi connectivity index (χ2v) is 4.11. The van der Waals surface area contributed by atoms with Gasteiger partial charge >= 0.3 is 6.18 Å². The molecule has 1 aliphatic heterocycles. The standard InChI is InChI=1S/C10H17F3N2O/c11-10(12,13)4-1-9(16)15-7-8-2-5-14-6-3-8/h8,14H,1-7H2,(H,15,16). The number of hydrogen-bond donors (Lipinski definition) is 2. The molecule has 0 spiro atoms. The molecule has 3 nitrogen and oxygen atoms in total. The van der Waals surface area contributed by atoms with E-state index in [2.05, 4.69) is 10.6 Å². The van der Waals surface area contributed by atoms with Crippen LogP contribution in [0.1, 0.15) is 25.7 Å². The van der Waals surface area contributed by atoms with Gasteiger partial charge in [-0.15, -0.1) is 0 Å². The fourth-order valence-corrected chi connectivity index (χ4v) is 1.69. The summed E-state index contributed by atoms with van der Waals surface area (Å²) in [6.45, 7) is 2.34. The molecule has 0 aromatic rings. The van der Waals surface area contributed by atoms with E-state index in [1.165, 1.54) is 0 Å². The largest absolute Gasteiger partial charge is 0.389 e. The van der Waals surface area contributed by atoms with E-state index in [1.807, 2.05) is 0 Å². The van der Waals surface area contributed by atoms with Crippen molar-refractivity contribution in [1.29, 1.82) is 0 Å². The lowest BCUT2D eigenvalue weighted by Crippen LogP contribution is -2.36. The van der Waals surface area contributed by atoms with Gasteiger partial charge in [0.05, 0.1) is 6.42 Å². The third-order valence-electron chi connectivity index (χ3n) is 2.68. The van der Waals surface area contributed by atoms with Gasteiger partial charge in [-0.25, -0.2) is 0 Å². The zero-order chi connectivity index (χ0) is 12.0. The molecular formula is C10H17F3N2O. The van der Waals surface area contributed by atoms with Crippen molar-refractivity contribution in [3.63, 3.8) is 0 Å². The molecule has 0 saturated carbocycles. The van der Waals surface area contributed by atoms with E-state index in [1.54, 1.807) is 0 Å². The summed E-state index contributed by atoms with van der Waals surface area (Å²) in [7, 11) is 0. The molecule has 6 heteroatoms. The lowest BCUT2D eigenvalue weighted by molar-refractivity contribution is -0.144. The van der Waals surface area contributed by atoms with Gasteiger partial charge in [-0.05, 0) is 31.8 Å². The van der Waals surface area contributed by atoms with Crippen LogP contribution in [0.25, 0.3) is 0 Å². The number of amides is 1. The van der Waals surface area contributed by atoms with Crippen LogP contribution >= 0.6 is 0 Å². The molecule has 16 heavy (non-hydrogen) atoms. The first-order valence-corrected chi connectivity index (χ1v) is 5.51. The smallest absolute Gasteiger partial charge is 0.356 e. The minimum atomic E-state index is -4.24. The highest BCUT2D eigenvalue weighted by Gasteiger charge is 2.27. The van der Waals surface area contributed by atoms with Crippen molar-refractivity contribution in [3.05, 3.63) is 0 Å². The quantitative estimate of drug-likeness (QED) is 0.778. The number of carbonyl (C=O) groups excluding carboxylic acids is 1. The van der Waals surface area contributed by atoms with Crippen molar-refractivity contribution >= 4 is 5.91 Å². The topological polar surface area (TPSA) is 41.1 Å². The van der Waals surface area contributed by atoms with Crippen molar-refractivity contribution in [2.75, 3.05) is 19.6 Å². The molecule has 0 unspecified atom stereocenters. The maximum absolute atomic E-state index is 11.8. The first-order chi connectivity index (χ1) is 7.47. The summed E-state index contributed by atoms with van der Waals surface area (Å²) in [5, 5.41) is 5.74. The normalized spacial score (nSPS) is 18.4. The van der Waals surface area contributed by atoms with Crippen molar-refractivity contribution < 1.29 is 18.0 Å². The Morgan fingerprint density at radius 1 is 1.31 bits per heavy atom. The molecule has 0 atom stereocenters. The second kappa shape index (κ2) is 6.08. The molecule has 0 radical (unpaired) electrons. The summed E-state index contributed by atoms with van der Waals surface area (Å²) in [5.41, 5.74) is 0. The molecule has 1 heterocycles. The summed E-state index contributed by atoms with van der Waals surface area (Å²) in [5.74, 6) is -0.105. The number of hydrogen-bond acceptors (Lipinski definition) is 2.